The maximum Gasteiger partial charge on any atom is 0.227 e. The van der Waals surface area contributed by atoms with Crippen molar-refractivity contribution in [2.24, 2.45) is 5.92 Å². The Labute approximate surface area is 132 Å². The Bertz CT molecular complexity index is 753. The van der Waals surface area contributed by atoms with Gasteiger partial charge in [0.2, 0.25) is 11.1 Å². The van der Waals surface area contributed by atoms with Gasteiger partial charge in [-0.05, 0) is 18.2 Å². The molecule has 0 saturated heterocycles. The second-order valence-corrected chi connectivity index (χ2v) is 6.26. The van der Waals surface area contributed by atoms with Gasteiger partial charge in [-0.3, -0.25) is 4.79 Å². The van der Waals surface area contributed by atoms with E-state index in [1.54, 1.807) is 0 Å². The highest BCUT2D eigenvalue weighted by Gasteiger charge is 2.41. The highest BCUT2D eigenvalue weighted by Crippen LogP contribution is 2.41. The number of carbonyl (C=O) groups excluding carboxylic acids is 1. The van der Waals surface area contributed by atoms with Crippen molar-refractivity contribution in [2.45, 2.75) is 24.0 Å². The minimum Gasteiger partial charge on any atom is -0.328 e. The minimum atomic E-state index is -0.194. The molecule has 1 aromatic carbocycles. The third-order valence-electron chi connectivity index (χ3n) is 4.21. The summed E-state index contributed by atoms with van der Waals surface area (Å²) in [6, 6.07) is 9.98. The smallest absolute Gasteiger partial charge is 0.227 e. The Hall–Kier alpha value is -2.08. The largest absolute Gasteiger partial charge is 0.328 e. The number of thioether (sulfide) groups is 1. The van der Waals surface area contributed by atoms with E-state index < -0.39 is 0 Å². The molecule has 0 fully saturated rings. The van der Waals surface area contributed by atoms with Crippen molar-refractivity contribution in [3.05, 3.63) is 47.7 Å². The van der Waals surface area contributed by atoms with Gasteiger partial charge in [-0.15, -0.1) is 5.10 Å². The molecule has 0 unspecified atom stereocenters. The number of hydrogen-bond donors (Lipinski definition) is 1. The van der Waals surface area contributed by atoms with Crippen molar-refractivity contribution in [1.29, 1.82) is 0 Å². The fourth-order valence-corrected chi connectivity index (χ4v) is 3.57. The topological polar surface area (TPSA) is 59.8 Å². The molecule has 0 amide bonds. The summed E-state index contributed by atoms with van der Waals surface area (Å²) in [5.41, 5.74) is 2.06. The van der Waals surface area contributed by atoms with Crippen molar-refractivity contribution >= 4 is 23.5 Å². The highest BCUT2D eigenvalue weighted by atomic mass is 32.2. The van der Waals surface area contributed by atoms with Crippen LogP contribution in [0.15, 0.2) is 47.3 Å². The van der Waals surface area contributed by atoms with Crippen LogP contribution in [-0.2, 0) is 4.79 Å². The van der Waals surface area contributed by atoms with E-state index in [9.17, 15) is 4.79 Å². The Kier molecular flexibility index (Phi) is 3.26. The molecule has 1 aromatic heterocycles. The lowest BCUT2D eigenvalue weighted by Gasteiger charge is -2.36. The molecule has 0 bridgehead atoms. The van der Waals surface area contributed by atoms with Crippen LogP contribution in [-0.4, -0.2) is 26.8 Å². The van der Waals surface area contributed by atoms with E-state index in [2.05, 4.69) is 33.6 Å². The number of fused-ring (bicyclic) bond motifs is 2. The fraction of sp³-hybridized carbons (Fsp3) is 0.312. The molecule has 0 radical (unpaired) electrons. The molecule has 0 saturated carbocycles. The zero-order valence-electron chi connectivity index (χ0n) is 12.2. The molecular formula is C16H16N4OS. The van der Waals surface area contributed by atoms with Crippen LogP contribution >= 0.6 is 11.8 Å². The van der Waals surface area contributed by atoms with E-state index >= 15 is 0 Å². The molecule has 5 nitrogen and oxygen atoms in total. The SMILES string of the molecule is CSc1nc2n(n1)[C@H](c1ccccc1)[C@H]1C(=O)CCC=C1N2. The van der Waals surface area contributed by atoms with E-state index in [0.717, 1.165) is 28.8 Å². The number of allylic oxidation sites excluding steroid dienone is 2. The van der Waals surface area contributed by atoms with Crippen LogP contribution in [0.3, 0.4) is 0 Å². The lowest BCUT2D eigenvalue weighted by atomic mass is 9.81. The van der Waals surface area contributed by atoms with E-state index in [1.807, 2.05) is 29.1 Å². The first-order chi connectivity index (χ1) is 10.8. The van der Waals surface area contributed by atoms with Gasteiger partial charge in [0, 0.05) is 12.1 Å². The summed E-state index contributed by atoms with van der Waals surface area (Å²) < 4.78 is 1.87. The van der Waals surface area contributed by atoms with E-state index in [1.165, 1.54) is 11.8 Å². The van der Waals surface area contributed by atoms with Crippen LogP contribution in [0, 0.1) is 5.92 Å². The molecule has 4 rings (SSSR count). The summed E-state index contributed by atoms with van der Waals surface area (Å²) in [6.45, 7) is 0. The van der Waals surface area contributed by atoms with Crippen molar-refractivity contribution < 1.29 is 4.79 Å². The molecule has 6 heteroatoms. The Morgan fingerprint density at radius 1 is 1.32 bits per heavy atom. The van der Waals surface area contributed by atoms with E-state index in [4.69, 9.17) is 0 Å². The fourth-order valence-electron chi connectivity index (χ4n) is 3.22. The number of aromatic nitrogens is 3. The molecule has 2 aliphatic rings. The Morgan fingerprint density at radius 3 is 2.91 bits per heavy atom. The quantitative estimate of drug-likeness (QED) is 0.864. The van der Waals surface area contributed by atoms with Gasteiger partial charge in [0.25, 0.3) is 0 Å². The first kappa shape index (κ1) is 13.6. The van der Waals surface area contributed by atoms with Crippen LogP contribution in [0.1, 0.15) is 24.4 Å². The molecule has 112 valence electrons. The summed E-state index contributed by atoms with van der Waals surface area (Å²) in [4.78, 5) is 17.1. The van der Waals surface area contributed by atoms with Crippen molar-refractivity contribution in [1.82, 2.24) is 14.8 Å². The van der Waals surface area contributed by atoms with Gasteiger partial charge in [0.15, 0.2) is 0 Å². The first-order valence-electron chi connectivity index (χ1n) is 7.33. The molecule has 2 heterocycles. The average Bonchev–Trinajstić information content (AvgIpc) is 2.96. The minimum absolute atomic E-state index is 0.120. The van der Waals surface area contributed by atoms with E-state index in [-0.39, 0.29) is 17.7 Å². The third-order valence-corrected chi connectivity index (χ3v) is 4.75. The molecule has 0 spiro atoms. The monoisotopic (exact) mass is 312 g/mol. The van der Waals surface area contributed by atoms with Crippen molar-refractivity contribution in [3.8, 4) is 0 Å². The van der Waals surface area contributed by atoms with Gasteiger partial charge in [0.1, 0.15) is 5.78 Å². The van der Waals surface area contributed by atoms with Gasteiger partial charge in [-0.2, -0.15) is 4.98 Å². The van der Waals surface area contributed by atoms with Crippen LogP contribution < -0.4 is 5.32 Å². The van der Waals surface area contributed by atoms with Gasteiger partial charge in [0.05, 0.1) is 12.0 Å². The number of nitrogens with zero attached hydrogens (tertiary/aromatic N) is 3. The molecule has 1 N–H and O–H groups in total. The first-order valence-corrected chi connectivity index (χ1v) is 8.55. The summed E-state index contributed by atoms with van der Waals surface area (Å²) in [6.07, 6.45) is 5.47. The van der Waals surface area contributed by atoms with Gasteiger partial charge >= 0.3 is 0 Å². The molecule has 2 aromatic rings. The third kappa shape index (κ3) is 2.06. The van der Waals surface area contributed by atoms with Crippen LogP contribution in [0.2, 0.25) is 0 Å². The molecule has 1 aliphatic heterocycles. The molecule has 2 atom stereocenters. The van der Waals surface area contributed by atoms with Gasteiger partial charge in [-0.25, -0.2) is 4.68 Å². The highest BCUT2D eigenvalue weighted by molar-refractivity contribution is 7.98. The number of nitrogens with one attached hydrogen (secondary N) is 1. The van der Waals surface area contributed by atoms with Gasteiger partial charge < -0.3 is 5.32 Å². The number of carbonyl (C=O) groups is 1. The zero-order valence-corrected chi connectivity index (χ0v) is 13.0. The number of ketones is 1. The molecule has 22 heavy (non-hydrogen) atoms. The van der Waals surface area contributed by atoms with Crippen molar-refractivity contribution in [3.63, 3.8) is 0 Å². The average molecular weight is 312 g/mol. The normalized spacial score (nSPS) is 23.3. The van der Waals surface area contributed by atoms with Gasteiger partial charge in [-0.1, -0.05) is 48.2 Å². The van der Waals surface area contributed by atoms with Crippen LogP contribution in [0.25, 0.3) is 0 Å². The Morgan fingerprint density at radius 2 is 2.14 bits per heavy atom. The summed E-state index contributed by atoms with van der Waals surface area (Å²) in [7, 11) is 0. The maximum atomic E-state index is 12.6. The zero-order chi connectivity index (χ0) is 15.1. The van der Waals surface area contributed by atoms with Crippen LogP contribution in [0.5, 0.6) is 0 Å². The lowest BCUT2D eigenvalue weighted by molar-refractivity contribution is -0.123. The predicted octanol–water partition coefficient (Wildman–Crippen LogP) is 2.88. The summed E-state index contributed by atoms with van der Waals surface area (Å²) in [5, 5.41) is 8.60. The number of hydrogen-bond acceptors (Lipinski definition) is 5. The number of Topliss-reactive ketones (excluding diaryl/α,β-unsaturated/α-hetero) is 1. The summed E-state index contributed by atoms with van der Waals surface area (Å²) in [5.74, 6) is 0.793. The molecular weight excluding hydrogens is 296 g/mol. The second-order valence-electron chi connectivity index (χ2n) is 5.49. The standard InChI is InChI=1S/C16H16N4OS/c1-22-16-18-15-17-11-8-5-9-12(21)13(11)14(20(15)19-16)10-6-3-2-4-7-10/h2-4,6-8,13-14H,5,9H2,1H3,(H,17,18,19)/t13-,14-/m1/s1. The predicted molar refractivity (Wildman–Crippen MR) is 85.8 cm³/mol. The number of rotatable bonds is 2. The van der Waals surface area contributed by atoms with Crippen LogP contribution in [0.4, 0.5) is 5.95 Å². The lowest BCUT2D eigenvalue weighted by Crippen LogP contribution is -2.38. The van der Waals surface area contributed by atoms with Crippen molar-refractivity contribution in [2.75, 3.05) is 11.6 Å². The number of benzene rings is 1. The summed E-state index contributed by atoms with van der Waals surface area (Å²) >= 11 is 1.51. The van der Waals surface area contributed by atoms with E-state index in [0.29, 0.717) is 6.42 Å². The second kappa shape index (κ2) is 5.28. The molecule has 1 aliphatic carbocycles. The number of anilines is 1. The Balaban J connectivity index is 1.91. The maximum absolute atomic E-state index is 12.6.